The van der Waals surface area contributed by atoms with E-state index in [2.05, 4.69) is 5.32 Å². The third-order valence-corrected chi connectivity index (χ3v) is 3.01. The van der Waals surface area contributed by atoms with Gasteiger partial charge in [0.2, 0.25) is 0 Å². The van der Waals surface area contributed by atoms with Crippen LogP contribution in [0.2, 0.25) is 0 Å². The standard InChI is InChI=1S/C17H13F2NO4/c18-13-6-4-11(5-7-13)17(23)20-9-16(22)24-10-15(21)12-2-1-3-14(19)8-12/h1-8H,9-10H2,(H,20,23). The Morgan fingerprint density at radius 3 is 2.29 bits per heavy atom. The average molecular weight is 333 g/mol. The highest BCUT2D eigenvalue weighted by Gasteiger charge is 2.12. The summed E-state index contributed by atoms with van der Waals surface area (Å²) in [5, 5.41) is 2.28. The van der Waals surface area contributed by atoms with Crippen LogP contribution in [-0.4, -0.2) is 30.8 Å². The minimum atomic E-state index is -0.824. The van der Waals surface area contributed by atoms with Crippen LogP contribution in [0.15, 0.2) is 48.5 Å². The van der Waals surface area contributed by atoms with E-state index in [0.717, 1.165) is 18.2 Å². The predicted octanol–water partition coefficient (Wildman–Crippen LogP) is 2.12. The molecule has 7 heteroatoms. The van der Waals surface area contributed by atoms with E-state index in [1.165, 1.54) is 30.3 Å². The second kappa shape index (κ2) is 7.96. The molecule has 0 aromatic heterocycles. The lowest BCUT2D eigenvalue weighted by Crippen LogP contribution is -2.31. The fourth-order valence-electron chi connectivity index (χ4n) is 1.80. The van der Waals surface area contributed by atoms with Gasteiger partial charge in [0.25, 0.3) is 5.91 Å². The van der Waals surface area contributed by atoms with Crippen LogP contribution in [0.5, 0.6) is 0 Å². The second-order valence-electron chi connectivity index (χ2n) is 4.78. The third kappa shape index (κ3) is 4.98. The monoisotopic (exact) mass is 333 g/mol. The smallest absolute Gasteiger partial charge is 0.325 e. The van der Waals surface area contributed by atoms with E-state index >= 15 is 0 Å². The number of ether oxygens (including phenoxy) is 1. The first-order chi connectivity index (χ1) is 11.5. The number of ketones is 1. The Labute approximate surface area is 136 Å². The first-order valence-corrected chi connectivity index (χ1v) is 6.94. The summed E-state index contributed by atoms with van der Waals surface area (Å²) in [6, 6.07) is 9.76. The van der Waals surface area contributed by atoms with E-state index in [4.69, 9.17) is 4.74 Å². The van der Waals surface area contributed by atoms with E-state index in [0.29, 0.717) is 0 Å². The van der Waals surface area contributed by atoms with E-state index < -0.39 is 42.4 Å². The van der Waals surface area contributed by atoms with Crippen LogP contribution < -0.4 is 5.32 Å². The van der Waals surface area contributed by atoms with Gasteiger partial charge in [0, 0.05) is 11.1 Å². The molecule has 2 aromatic carbocycles. The molecule has 0 heterocycles. The summed E-state index contributed by atoms with van der Waals surface area (Å²) in [7, 11) is 0. The Balaban J connectivity index is 1.78. The molecule has 1 amide bonds. The van der Waals surface area contributed by atoms with Gasteiger partial charge in [0.1, 0.15) is 18.2 Å². The number of carbonyl (C=O) groups excluding carboxylic acids is 3. The molecule has 24 heavy (non-hydrogen) atoms. The van der Waals surface area contributed by atoms with E-state index in [9.17, 15) is 23.2 Å². The molecular formula is C17H13F2NO4. The number of esters is 1. The molecule has 2 rings (SSSR count). The molecular weight excluding hydrogens is 320 g/mol. The molecule has 0 bridgehead atoms. The van der Waals surface area contributed by atoms with Crippen LogP contribution in [-0.2, 0) is 9.53 Å². The van der Waals surface area contributed by atoms with Crippen molar-refractivity contribution in [1.82, 2.24) is 5.32 Å². The van der Waals surface area contributed by atoms with Crippen LogP contribution in [0.4, 0.5) is 8.78 Å². The van der Waals surface area contributed by atoms with Crippen LogP contribution in [0, 0.1) is 11.6 Å². The van der Waals surface area contributed by atoms with Crippen molar-refractivity contribution in [3.05, 3.63) is 71.3 Å². The zero-order chi connectivity index (χ0) is 17.5. The van der Waals surface area contributed by atoms with Crippen LogP contribution in [0.25, 0.3) is 0 Å². The number of hydrogen-bond donors (Lipinski definition) is 1. The highest BCUT2D eigenvalue weighted by Crippen LogP contribution is 2.05. The Hall–Kier alpha value is -3.09. The molecule has 0 radical (unpaired) electrons. The molecule has 0 saturated heterocycles. The summed E-state index contributed by atoms with van der Waals surface area (Å²) in [4.78, 5) is 34.9. The van der Waals surface area contributed by atoms with Crippen molar-refractivity contribution < 1.29 is 27.9 Å². The van der Waals surface area contributed by atoms with Crippen LogP contribution in [0.1, 0.15) is 20.7 Å². The number of hydrogen-bond acceptors (Lipinski definition) is 4. The maximum Gasteiger partial charge on any atom is 0.325 e. The quantitative estimate of drug-likeness (QED) is 0.649. The van der Waals surface area contributed by atoms with Crippen LogP contribution >= 0.6 is 0 Å². The van der Waals surface area contributed by atoms with Crippen molar-refractivity contribution in [2.75, 3.05) is 13.2 Å². The number of rotatable bonds is 6. The van der Waals surface area contributed by atoms with E-state index in [1.807, 2.05) is 0 Å². The van der Waals surface area contributed by atoms with Gasteiger partial charge in [-0.15, -0.1) is 0 Å². The molecule has 5 nitrogen and oxygen atoms in total. The SMILES string of the molecule is O=C(CNC(=O)c1ccc(F)cc1)OCC(=O)c1cccc(F)c1. The number of halogens is 2. The zero-order valence-corrected chi connectivity index (χ0v) is 12.4. The third-order valence-electron chi connectivity index (χ3n) is 3.01. The number of carbonyl (C=O) groups is 3. The molecule has 0 aliphatic rings. The van der Waals surface area contributed by atoms with E-state index in [1.54, 1.807) is 0 Å². The molecule has 0 unspecified atom stereocenters. The second-order valence-corrected chi connectivity index (χ2v) is 4.78. The number of Topliss-reactive ketones (excluding diaryl/α,β-unsaturated/α-hetero) is 1. The number of benzene rings is 2. The maximum absolute atomic E-state index is 13.0. The highest BCUT2D eigenvalue weighted by atomic mass is 19.1. The summed E-state index contributed by atoms with van der Waals surface area (Å²) >= 11 is 0. The molecule has 0 aliphatic carbocycles. The van der Waals surface area contributed by atoms with Gasteiger partial charge in [0.05, 0.1) is 0 Å². The molecule has 0 spiro atoms. The topological polar surface area (TPSA) is 72.5 Å². The minimum Gasteiger partial charge on any atom is -0.456 e. The Morgan fingerprint density at radius 2 is 1.62 bits per heavy atom. The number of nitrogens with one attached hydrogen (secondary N) is 1. The van der Waals surface area contributed by atoms with Gasteiger partial charge in [-0.05, 0) is 36.4 Å². The summed E-state index contributed by atoms with van der Waals surface area (Å²) in [5.74, 6) is -3.02. The normalized spacial score (nSPS) is 10.1. The van der Waals surface area contributed by atoms with Gasteiger partial charge in [0.15, 0.2) is 12.4 Å². The van der Waals surface area contributed by atoms with Crippen molar-refractivity contribution in [3.63, 3.8) is 0 Å². The van der Waals surface area contributed by atoms with Crippen molar-refractivity contribution in [3.8, 4) is 0 Å². The largest absolute Gasteiger partial charge is 0.456 e. The first-order valence-electron chi connectivity index (χ1n) is 6.94. The fourth-order valence-corrected chi connectivity index (χ4v) is 1.80. The lowest BCUT2D eigenvalue weighted by atomic mass is 10.1. The fraction of sp³-hybridized carbons (Fsp3) is 0.118. The molecule has 124 valence electrons. The van der Waals surface area contributed by atoms with Crippen molar-refractivity contribution in [1.29, 1.82) is 0 Å². The Bertz CT molecular complexity index is 759. The zero-order valence-electron chi connectivity index (χ0n) is 12.4. The molecule has 2 aromatic rings. The molecule has 1 N–H and O–H groups in total. The van der Waals surface area contributed by atoms with Gasteiger partial charge in [-0.2, -0.15) is 0 Å². The van der Waals surface area contributed by atoms with Crippen LogP contribution in [0.3, 0.4) is 0 Å². The molecule has 0 saturated carbocycles. The maximum atomic E-state index is 13.0. The van der Waals surface area contributed by atoms with Crippen molar-refractivity contribution in [2.24, 2.45) is 0 Å². The Morgan fingerprint density at radius 1 is 0.917 bits per heavy atom. The van der Waals surface area contributed by atoms with Gasteiger partial charge in [-0.3, -0.25) is 14.4 Å². The summed E-state index contributed by atoms with van der Waals surface area (Å²) in [6.45, 7) is -1.01. The summed E-state index contributed by atoms with van der Waals surface area (Å²) in [6.07, 6.45) is 0. The predicted molar refractivity (Wildman–Crippen MR) is 80.4 cm³/mol. The average Bonchev–Trinajstić information content (AvgIpc) is 2.58. The summed E-state index contributed by atoms with van der Waals surface area (Å²) in [5.41, 5.74) is 0.262. The van der Waals surface area contributed by atoms with Gasteiger partial charge >= 0.3 is 5.97 Å². The lowest BCUT2D eigenvalue weighted by molar-refractivity contribution is -0.141. The first kappa shape index (κ1) is 17.3. The van der Waals surface area contributed by atoms with Gasteiger partial charge in [-0.1, -0.05) is 12.1 Å². The molecule has 0 aliphatic heterocycles. The highest BCUT2D eigenvalue weighted by molar-refractivity contribution is 5.98. The molecule has 0 atom stereocenters. The Kier molecular flexibility index (Phi) is 5.73. The molecule has 0 fully saturated rings. The van der Waals surface area contributed by atoms with Crippen molar-refractivity contribution in [2.45, 2.75) is 0 Å². The lowest BCUT2D eigenvalue weighted by Gasteiger charge is -2.06. The summed E-state index contributed by atoms with van der Waals surface area (Å²) < 4.78 is 30.5. The van der Waals surface area contributed by atoms with Crippen molar-refractivity contribution >= 4 is 17.7 Å². The van der Waals surface area contributed by atoms with Gasteiger partial charge < -0.3 is 10.1 Å². The number of amides is 1. The minimum absolute atomic E-state index is 0.0816. The van der Waals surface area contributed by atoms with Gasteiger partial charge in [-0.25, -0.2) is 8.78 Å². The van der Waals surface area contributed by atoms with E-state index in [-0.39, 0.29) is 11.1 Å².